The van der Waals surface area contributed by atoms with Gasteiger partial charge >= 0.3 is 11.9 Å². The number of fused-ring (bicyclic) bond motifs is 2. The van der Waals surface area contributed by atoms with E-state index in [9.17, 15) is 9.59 Å². The Bertz CT molecular complexity index is 731. The summed E-state index contributed by atoms with van der Waals surface area (Å²) in [5.74, 6) is -1.43. The molecule has 1 aromatic rings. The first-order chi connectivity index (χ1) is 13.9. The molecule has 2 aliphatic heterocycles. The van der Waals surface area contributed by atoms with Gasteiger partial charge < -0.3 is 29.9 Å². The average Bonchev–Trinajstić information content (AvgIpc) is 2.93. The van der Waals surface area contributed by atoms with Crippen molar-refractivity contribution in [2.45, 2.75) is 26.2 Å². The molecule has 2 heterocycles. The molecule has 8 heteroatoms. The van der Waals surface area contributed by atoms with Gasteiger partial charge in [0, 0.05) is 32.4 Å². The topological polar surface area (TPSA) is 108 Å². The van der Waals surface area contributed by atoms with E-state index in [0.717, 1.165) is 64.4 Å². The number of anilines is 1. The summed E-state index contributed by atoms with van der Waals surface area (Å²) in [5.41, 5.74) is 5.73. The molecule has 0 atom stereocenters. The summed E-state index contributed by atoms with van der Waals surface area (Å²) in [4.78, 5) is 21.6. The second kappa shape index (κ2) is 11.4. The summed E-state index contributed by atoms with van der Waals surface area (Å²) in [7, 11) is 1.77. The number of ether oxygens (including phenoxy) is 2. The first-order valence-electron chi connectivity index (χ1n) is 9.80. The van der Waals surface area contributed by atoms with E-state index in [2.05, 4.69) is 23.2 Å². The van der Waals surface area contributed by atoms with Crippen molar-refractivity contribution in [3.05, 3.63) is 34.9 Å². The fourth-order valence-corrected chi connectivity index (χ4v) is 3.66. The zero-order valence-electron chi connectivity index (χ0n) is 17.1. The van der Waals surface area contributed by atoms with Crippen LogP contribution in [0.5, 0.6) is 5.75 Å². The summed E-state index contributed by atoms with van der Waals surface area (Å²) < 4.78 is 11.1. The van der Waals surface area contributed by atoms with Crippen LogP contribution in [-0.2, 0) is 27.2 Å². The lowest BCUT2D eigenvalue weighted by Gasteiger charge is -2.34. The number of carbonyl (C=O) groups is 2. The van der Waals surface area contributed by atoms with E-state index in [0.29, 0.717) is 12.2 Å². The Labute approximate surface area is 171 Å². The van der Waals surface area contributed by atoms with E-state index >= 15 is 0 Å². The van der Waals surface area contributed by atoms with Gasteiger partial charge in [-0.05, 0) is 62.0 Å². The maximum absolute atomic E-state index is 9.55. The van der Waals surface area contributed by atoms with E-state index in [-0.39, 0.29) is 0 Å². The molecule has 0 spiro atoms. The molecule has 0 aliphatic carbocycles. The third-order valence-corrected chi connectivity index (χ3v) is 4.94. The van der Waals surface area contributed by atoms with Gasteiger partial charge in [-0.2, -0.15) is 0 Å². The zero-order valence-corrected chi connectivity index (χ0v) is 17.1. The van der Waals surface area contributed by atoms with Crippen LogP contribution in [0.2, 0.25) is 0 Å². The molecule has 3 rings (SSSR count). The van der Waals surface area contributed by atoms with Gasteiger partial charge in [0.1, 0.15) is 12.4 Å². The number of methoxy groups -OCH3 is 1. The Morgan fingerprint density at radius 3 is 2.59 bits per heavy atom. The molecule has 1 aromatic carbocycles. The van der Waals surface area contributed by atoms with Gasteiger partial charge in [-0.3, -0.25) is 0 Å². The highest BCUT2D eigenvalue weighted by molar-refractivity contribution is 5.89. The fraction of sp³-hybridized carbons (Fsp3) is 0.524. The highest BCUT2D eigenvalue weighted by Crippen LogP contribution is 2.39. The van der Waals surface area contributed by atoms with Crippen LogP contribution >= 0.6 is 0 Å². The molecule has 0 amide bonds. The predicted molar refractivity (Wildman–Crippen MR) is 110 cm³/mol. The van der Waals surface area contributed by atoms with Crippen molar-refractivity contribution in [1.82, 2.24) is 5.32 Å². The van der Waals surface area contributed by atoms with Crippen LogP contribution in [-0.4, -0.2) is 68.7 Å². The van der Waals surface area contributed by atoms with Crippen LogP contribution in [0, 0.1) is 6.92 Å². The van der Waals surface area contributed by atoms with Crippen LogP contribution in [0.4, 0.5) is 5.69 Å². The lowest BCUT2D eigenvalue weighted by atomic mass is 9.94. The Kier molecular flexibility index (Phi) is 8.95. The van der Waals surface area contributed by atoms with Crippen LogP contribution in [0.25, 0.3) is 0 Å². The minimum Gasteiger partial charge on any atom is -0.490 e. The summed E-state index contributed by atoms with van der Waals surface area (Å²) >= 11 is 0. The maximum atomic E-state index is 9.55. The summed E-state index contributed by atoms with van der Waals surface area (Å²) in [6, 6.07) is 2.28. The number of aliphatic carboxylic acids is 2. The summed E-state index contributed by atoms with van der Waals surface area (Å²) in [5, 5.41) is 19.1. The van der Waals surface area contributed by atoms with Crippen molar-refractivity contribution >= 4 is 17.6 Å². The van der Waals surface area contributed by atoms with Crippen molar-refractivity contribution in [2.75, 3.05) is 51.4 Å². The van der Waals surface area contributed by atoms with Crippen LogP contribution < -0.4 is 15.0 Å². The lowest BCUT2D eigenvalue weighted by molar-refractivity contribution is -0.134. The van der Waals surface area contributed by atoms with Gasteiger partial charge in [0.2, 0.25) is 0 Å². The van der Waals surface area contributed by atoms with Gasteiger partial charge in [0.05, 0.1) is 12.2 Å². The Morgan fingerprint density at radius 1 is 1.24 bits per heavy atom. The second-order valence-electron chi connectivity index (χ2n) is 6.93. The van der Waals surface area contributed by atoms with Crippen LogP contribution in [0.3, 0.4) is 0 Å². The highest BCUT2D eigenvalue weighted by atomic mass is 16.5. The van der Waals surface area contributed by atoms with Gasteiger partial charge in [-0.1, -0.05) is 0 Å². The molecular formula is C21H30N2O6. The Hall–Kier alpha value is -2.58. The number of hydrogen-bond donors (Lipinski definition) is 3. The number of carboxylic acids is 2. The molecule has 0 saturated heterocycles. The van der Waals surface area contributed by atoms with E-state index < -0.39 is 11.9 Å². The first kappa shape index (κ1) is 22.7. The summed E-state index contributed by atoms with van der Waals surface area (Å²) in [6.07, 6.45) is 4.41. The number of rotatable bonds is 6. The van der Waals surface area contributed by atoms with E-state index in [4.69, 9.17) is 19.7 Å². The molecule has 0 saturated carbocycles. The molecule has 2 aliphatic rings. The molecule has 0 bridgehead atoms. The Balaban J connectivity index is 0.000000321. The minimum absolute atomic E-state index is 0.558. The molecular weight excluding hydrogens is 376 g/mol. The van der Waals surface area contributed by atoms with Crippen molar-refractivity contribution in [3.8, 4) is 5.75 Å². The van der Waals surface area contributed by atoms with Crippen LogP contribution in [0.15, 0.2) is 18.2 Å². The Morgan fingerprint density at radius 2 is 1.93 bits per heavy atom. The SMILES string of the molecule is COCCCN1CCOc2cc3c(c(C)c21)CCNCC3.O=C(O)/C=C/C(=O)O. The summed E-state index contributed by atoms with van der Waals surface area (Å²) in [6.45, 7) is 8.05. The van der Waals surface area contributed by atoms with E-state index in [1.165, 1.54) is 22.4 Å². The molecule has 3 N–H and O–H groups in total. The highest BCUT2D eigenvalue weighted by Gasteiger charge is 2.24. The number of hydrogen-bond acceptors (Lipinski definition) is 6. The van der Waals surface area contributed by atoms with Gasteiger partial charge in [-0.15, -0.1) is 0 Å². The lowest BCUT2D eigenvalue weighted by Crippen LogP contribution is -2.35. The van der Waals surface area contributed by atoms with Crippen molar-refractivity contribution in [2.24, 2.45) is 0 Å². The monoisotopic (exact) mass is 406 g/mol. The maximum Gasteiger partial charge on any atom is 0.328 e. The number of benzene rings is 1. The van der Waals surface area contributed by atoms with Crippen molar-refractivity contribution < 1.29 is 29.3 Å². The third-order valence-electron chi connectivity index (χ3n) is 4.94. The molecule has 8 nitrogen and oxygen atoms in total. The van der Waals surface area contributed by atoms with E-state index in [1.54, 1.807) is 7.11 Å². The largest absolute Gasteiger partial charge is 0.490 e. The average molecular weight is 406 g/mol. The van der Waals surface area contributed by atoms with Gasteiger partial charge in [0.25, 0.3) is 0 Å². The quantitative estimate of drug-likeness (QED) is 0.483. The third kappa shape index (κ3) is 6.76. The molecule has 0 unspecified atom stereocenters. The number of carboxylic acid groups (broad SMARTS) is 2. The molecule has 160 valence electrons. The molecule has 0 fully saturated rings. The molecule has 29 heavy (non-hydrogen) atoms. The van der Waals surface area contributed by atoms with E-state index in [1.807, 2.05) is 0 Å². The second-order valence-corrected chi connectivity index (χ2v) is 6.93. The first-order valence-corrected chi connectivity index (χ1v) is 9.80. The minimum atomic E-state index is -1.26. The van der Waals surface area contributed by atoms with Crippen molar-refractivity contribution in [1.29, 1.82) is 0 Å². The fourth-order valence-electron chi connectivity index (χ4n) is 3.66. The van der Waals surface area contributed by atoms with Crippen molar-refractivity contribution in [3.63, 3.8) is 0 Å². The number of nitrogens with one attached hydrogen (secondary N) is 1. The molecule has 0 aromatic heterocycles. The standard InChI is InChI=1S/C17H26N2O2.C4H4O4/c1-13-15-5-7-18-6-4-14(15)12-16-17(13)19(9-11-21-16)8-3-10-20-2;5-3(6)1-2-4(7)8/h12,18H,3-11H2,1-2H3;1-2H,(H,5,6)(H,7,8)/b;2-1+. The molecule has 0 radical (unpaired) electrons. The smallest absolute Gasteiger partial charge is 0.328 e. The van der Waals surface area contributed by atoms with Gasteiger partial charge in [0.15, 0.2) is 0 Å². The van der Waals surface area contributed by atoms with Gasteiger partial charge in [-0.25, -0.2) is 9.59 Å². The number of nitrogens with zero attached hydrogens (tertiary/aromatic N) is 1. The normalized spacial score (nSPS) is 15.4. The predicted octanol–water partition coefficient (Wildman–Crippen LogP) is 1.63. The zero-order chi connectivity index (χ0) is 21.2. The van der Waals surface area contributed by atoms with Crippen LogP contribution in [0.1, 0.15) is 23.1 Å².